The zero-order valence-electron chi connectivity index (χ0n) is 13.3. The molecule has 1 aliphatic heterocycles. The monoisotopic (exact) mass is 281 g/mol. The molecule has 0 N–H and O–H groups in total. The first-order valence-corrected chi connectivity index (χ1v) is 7.21. The van der Waals surface area contributed by atoms with Crippen LogP contribution in [-0.4, -0.2) is 56.2 Å². The molecule has 0 aromatic carbocycles. The molecule has 1 amide bonds. The van der Waals surface area contributed by atoms with Crippen LogP contribution in [0.25, 0.3) is 0 Å². The summed E-state index contributed by atoms with van der Waals surface area (Å²) in [7, 11) is 4.02. The third-order valence-corrected chi connectivity index (χ3v) is 3.66. The van der Waals surface area contributed by atoms with E-state index in [0.717, 1.165) is 13.0 Å². The summed E-state index contributed by atoms with van der Waals surface area (Å²) in [5, 5.41) is 8.99. The predicted molar refractivity (Wildman–Crippen MR) is 78.1 cm³/mol. The summed E-state index contributed by atoms with van der Waals surface area (Å²) in [5.74, 6) is 0.278. The lowest BCUT2D eigenvalue weighted by atomic mass is 9.88. The maximum Gasteiger partial charge on any atom is 0.409 e. The van der Waals surface area contributed by atoms with Gasteiger partial charge >= 0.3 is 6.09 Å². The van der Waals surface area contributed by atoms with E-state index < -0.39 is 0 Å². The van der Waals surface area contributed by atoms with Crippen LogP contribution in [0.15, 0.2) is 0 Å². The molecule has 2 unspecified atom stereocenters. The van der Waals surface area contributed by atoms with E-state index in [1.54, 1.807) is 4.90 Å². The molecule has 0 aliphatic carbocycles. The van der Waals surface area contributed by atoms with Gasteiger partial charge in [-0.05, 0) is 26.4 Å². The van der Waals surface area contributed by atoms with Crippen molar-refractivity contribution in [2.24, 2.45) is 17.3 Å². The molecule has 1 fully saturated rings. The Morgan fingerprint density at radius 2 is 2.15 bits per heavy atom. The topological polar surface area (TPSA) is 56.6 Å². The van der Waals surface area contributed by atoms with Gasteiger partial charge in [-0.2, -0.15) is 5.26 Å². The van der Waals surface area contributed by atoms with Crippen molar-refractivity contribution in [1.29, 1.82) is 5.26 Å². The van der Waals surface area contributed by atoms with Crippen LogP contribution in [0.3, 0.4) is 0 Å². The van der Waals surface area contributed by atoms with E-state index in [9.17, 15) is 4.79 Å². The average molecular weight is 281 g/mol. The lowest BCUT2D eigenvalue weighted by molar-refractivity contribution is 0.0446. The Kier molecular flexibility index (Phi) is 5.82. The van der Waals surface area contributed by atoms with Crippen LogP contribution in [-0.2, 0) is 4.74 Å². The molecule has 0 aromatic rings. The first-order valence-electron chi connectivity index (χ1n) is 7.21. The maximum atomic E-state index is 12.1. The minimum atomic E-state index is -0.250. The fourth-order valence-electron chi connectivity index (χ4n) is 2.75. The third-order valence-electron chi connectivity index (χ3n) is 3.66. The highest BCUT2D eigenvalue weighted by molar-refractivity contribution is 5.67. The highest BCUT2D eigenvalue weighted by atomic mass is 16.6. The second-order valence-electron chi connectivity index (χ2n) is 6.90. The van der Waals surface area contributed by atoms with Crippen LogP contribution in [0.5, 0.6) is 0 Å². The van der Waals surface area contributed by atoms with Crippen LogP contribution < -0.4 is 0 Å². The average Bonchev–Trinajstić information content (AvgIpc) is 2.34. The smallest absolute Gasteiger partial charge is 0.409 e. The van der Waals surface area contributed by atoms with Crippen LogP contribution in [0.2, 0.25) is 0 Å². The predicted octanol–water partition coefficient (Wildman–Crippen LogP) is 2.19. The minimum absolute atomic E-state index is 0.0595. The molecule has 2 atom stereocenters. The highest BCUT2D eigenvalue weighted by Crippen LogP contribution is 2.23. The van der Waals surface area contributed by atoms with Crippen molar-refractivity contribution in [2.75, 3.05) is 40.3 Å². The number of carbonyl (C=O) groups is 1. The molecule has 1 aliphatic rings. The van der Waals surface area contributed by atoms with Gasteiger partial charge in [-0.1, -0.05) is 20.8 Å². The van der Waals surface area contributed by atoms with Gasteiger partial charge in [-0.25, -0.2) is 4.79 Å². The van der Waals surface area contributed by atoms with Crippen molar-refractivity contribution < 1.29 is 9.53 Å². The Balaban J connectivity index is 2.43. The number of likely N-dealkylation sites (tertiary alicyclic amines) is 1. The molecular formula is C15H27N3O2. The largest absolute Gasteiger partial charge is 0.449 e. The molecule has 1 saturated heterocycles. The van der Waals surface area contributed by atoms with Gasteiger partial charge < -0.3 is 14.5 Å². The Bertz CT molecular complexity index is 374. The van der Waals surface area contributed by atoms with Crippen molar-refractivity contribution in [3.63, 3.8) is 0 Å². The normalized spacial score (nSPS) is 23.6. The number of nitrogens with zero attached hydrogens (tertiary/aromatic N) is 3. The Morgan fingerprint density at radius 1 is 1.50 bits per heavy atom. The Morgan fingerprint density at radius 3 is 2.65 bits per heavy atom. The van der Waals surface area contributed by atoms with Gasteiger partial charge in [0.2, 0.25) is 0 Å². The molecule has 0 radical (unpaired) electrons. The molecule has 0 spiro atoms. The molecule has 0 saturated carbocycles. The second kappa shape index (κ2) is 6.94. The number of nitriles is 1. The molecule has 20 heavy (non-hydrogen) atoms. The van der Waals surface area contributed by atoms with Gasteiger partial charge in [0, 0.05) is 25.0 Å². The third kappa shape index (κ3) is 5.01. The van der Waals surface area contributed by atoms with E-state index >= 15 is 0 Å². The van der Waals surface area contributed by atoms with E-state index in [1.807, 2.05) is 21.0 Å². The Hall–Kier alpha value is -1.28. The van der Waals surface area contributed by atoms with E-state index in [1.165, 1.54) is 0 Å². The highest BCUT2D eigenvalue weighted by Gasteiger charge is 2.30. The summed E-state index contributed by atoms with van der Waals surface area (Å²) in [6, 6.07) is 2.31. The standard InChI is InChI=1S/C15H27N3O2/c1-12-9-18(7-6-13(12)8-16)14(19)20-11-15(2,3)10-17(4)5/h12-13H,6-7,9-11H2,1-5H3. The molecule has 0 aromatic heterocycles. The fourth-order valence-corrected chi connectivity index (χ4v) is 2.75. The fraction of sp³-hybridized carbons (Fsp3) is 0.867. The van der Waals surface area contributed by atoms with Crippen LogP contribution in [0.1, 0.15) is 27.2 Å². The van der Waals surface area contributed by atoms with E-state index in [-0.39, 0.29) is 23.3 Å². The first kappa shape index (κ1) is 16.8. The van der Waals surface area contributed by atoms with Crippen molar-refractivity contribution in [3.05, 3.63) is 0 Å². The van der Waals surface area contributed by atoms with Gasteiger partial charge in [-0.3, -0.25) is 0 Å². The lowest BCUT2D eigenvalue weighted by Gasteiger charge is -2.34. The van der Waals surface area contributed by atoms with Crippen LogP contribution >= 0.6 is 0 Å². The summed E-state index contributed by atoms with van der Waals surface area (Å²) in [6.07, 6.45) is 0.494. The van der Waals surface area contributed by atoms with E-state index in [2.05, 4.69) is 24.8 Å². The molecule has 0 bridgehead atoms. The first-order chi connectivity index (χ1) is 9.25. The lowest BCUT2D eigenvalue weighted by Crippen LogP contribution is -2.44. The van der Waals surface area contributed by atoms with Crippen molar-refractivity contribution in [3.8, 4) is 6.07 Å². The van der Waals surface area contributed by atoms with E-state index in [4.69, 9.17) is 10.00 Å². The number of piperidine rings is 1. The Labute approximate surface area is 122 Å². The van der Waals surface area contributed by atoms with E-state index in [0.29, 0.717) is 19.7 Å². The molecule has 5 nitrogen and oxygen atoms in total. The van der Waals surface area contributed by atoms with Crippen LogP contribution in [0, 0.1) is 28.6 Å². The summed E-state index contributed by atoms with van der Waals surface area (Å²) < 4.78 is 5.44. The van der Waals surface area contributed by atoms with Crippen molar-refractivity contribution in [1.82, 2.24) is 9.80 Å². The van der Waals surface area contributed by atoms with Gasteiger partial charge in [0.1, 0.15) is 0 Å². The zero-order chi connectivity index (χ0) is 15.3. The number of rotatable bonds is 4. The van der Waals surface area contributed by atoms with Gasteiger partial charge in [0.25, 0.3) is 0 Å². The van der Waals surface area contributed by atoms with Gasteiger partial charge in [-0.15, -0.1) is 0 Å². The molecule has 114 valence electrons. The quantitative estimate of drug-likeness (QED) is 0.792. The summed E-state index contributed by atoms with van der Waals surface area (Å²) in [6.45, 7) is 8.71. The number of carbonyl (C=O) groups excluding carboxylic acids is 1. The molecular weight excluding hydrogens is 254 g/mol. The molecule has 5 heteroatoms. The second-order valence-corrected chi connectivity index (χ2v) is 6.90. The SMILES string of the molecule is CC1CN(C(=O)OCC(C)(C)CN(C)C)CCC1C#N. The maximum absolute atomic E-state index is 12.1. The number of hydrogen-bond donors (Lipinski definition) is 0. The number of hydrogen-bond acceptors (Lipinski definition) is 4. The number of amides is 1. The van der Waals surface area contributed by atoms with Gasteiger partial charge in [0.15, 0.2) is 0 Å². The van der Waals surface area contributed by atoms with Crippen molar-refractivity contribution in [2.45, 2.75) is 27.2 Å². The summed E-state index contributed by atoms with van der Waals surface area (Å²) in [4.78, 5) is 15.9. The van der Waals surface area contributed by atoms with Crippen molar-refractivity contribution >= 4 is 6.09 Å². The molecule has 1 heterocycles. The van der Waals surface area contributed by atoms with Gasteiger partial charge in [0.05, 0.1) is 18.6 Å². The minimum Gasteiger partial charge on any atom is -0.449 e. The molecule has 1 rings (SSSR count). The van der Waals surface area contributed by atoms with Crippen LogP contribution in [0.4, 0.5) is 4.79 Å². The number of ether oxygens (including phenoxy) is 1. The summed E-state index contributed by atoms with van der Waals surface area (Å²) >= 11 is 0. The summed E-state index contributed by atoms with van der Waals surface area (Å²) in [5.41, 5.74) is -0.0598. The zero-order valence-corrected chi connectivity index (χ0v) is 13.3.